The summed E-state index contributed by atoms with van der Waals surface area (Å²) in [5.41, 5.74) is 0.690. The average Bonchev–Trinajstić information content (AvgIpc) is 2.95. The van der Waals surface area contributed by atoms with Gasteiger partial charge in [0.25, 0.3) is 5.69 Å². The van der Waals surface area contributed by atoms with Gasteiger partial charge in [-0.05, 0) is 17.9 Å². The topological polar surface area (TPSA) is 142 Å². The first kappa shape index (κ1) is 18.8. The SMILES string of the molecule is COc1cc([N+](=O)[O-])ccc1NC(=O)C(C)Cn1nc([N+](=O)[O-])cc1C. The van der Waals surface area contributed by atoms with Crippen molar-refractivity contribution in [3.8, 4) is 5.75 Å². The molecule has 0 spiro atoms. The van der Waals surface area contributed by atoms with Crippen LogP contribution in [0.1, 0.15) is 12.6 Å². The molecule has 11 nitrogen and oxygen atoms in total. The zero-order valence-electron chi connectivity index (χ0n) is 14.3. The van der Waals surface area contributed by atoms with E-state index < -0.39 is 15.8 Å². The molecule has 1 atom stereocenters. The first-order valence-electron chi connectivity index (χ1n) is 7.55. The highest BCUT2D eigenvalue weighted by atomic mass is 16.6. The van der Waals surface area contributed by atoms with Crippen molar-refractivity contribution < 1.29 is 19.4 Å². The van der Waals surface area contributed by atoms with E-state index in [9.17, 15) is 25.0 Å². The minimum atomic E-state index is -0.601. The molecule has 138 valence electrons. The van der Waals surface area contributed by atoms with E-state index >= 15 is 0 Å². The molecule has 0 aliphatic rings. The van der Waals surface area contributed by atoms with Gasteiger partial charge in [0.15, 0.2) is 0 Å². The molecular weight excluding hydrogens is 346 g/mol. The van der Waals surface area contributed by atoms with Crippen LogP contribution in [-0.4, -0.2) is 32.6 Å². The summed E-state index contributed by atoms with van der Waals surface area (Å²) in [6, 6.07) is 5.17. The van der Waals surface area contributed by atoms with Crippen molar-refractivity contribution in [2.45, 2.75) is 20.4 Å². The molecule has 2 rings (SSSR count). The number of nitrogens with zero attached hydrogens (tertiary/aromatic N) is 4. The number of ether oxygens (including phenoxy) is 1. The lowest BCUT2D eigenvalue weighted by molar-refractivity contribution is -0.389. The summed E-state index contributed by atoms with van der Waals surface area (Å²) >= 11 is 0. The number of carbonyl (C=O) groups is 1. The quantitative estimate of drug-likeness (QED) is 0.587. The van der Waals surface area contributed by atoms with Crippen molar-refractivity contribution >= 4 is 23.1 Å². The average molecular weight is 363 g/mol. The van der Waals surface area contributed by atoms with Gasteiger partial charge in [0.2, 0.25) is 5.91 Å². The van der Waals surface area contributed by atoms with E-state index in [0.29, 0.717) is 5.69 Å². The molecular formula is C15H17N5O6. The third-order valence-electron chi connectivity index (χ3n) is 3.70. The lowest BCUT2D eigenvalue weighted by Crippen LogP contribution is -2.25. The minimum absolute atomic E-state index is 0.140. The predicted octanol–water partition coefficient (Wildman–Crippen LogP) is 2.29. The van der Waals surface area contributed by atoms with E-state index in [2.05, 4.69) is 10.4 Å². The van der Waals surface area contributed by atoms with Gasteiger partial charge in [-0.1, -0.05) is 6.92 Å². The number of nitro groups is 2. The molecule has 11 heteroatoms. The number of methoxy groups -OCH3 is 1. The fraction of sp³-hybridized carbons (Fsp3) is 0.333. The number of rotatable bonds is 7. The second-order valence-corrected chi connectivity index (χ2v) is 5.62. The predicted molar refractivity (Wildman–Crippen MR) is 91.1 cm³/mol. The van der Waals surface area contributed by atoms with E-state index in [4.69, 9.17) is 4.74 Å². The smallest absolute Gasteiger partial charge is 0.390 e. The van der Waals surface area contributed by atoms with E-state index in [0.717, 1.165) is 0 Å². The van der Waals surface area contributed by atoms with E-state index in [1.807, 2.05) is 0 Å². The van der Waals surface area contributed by atoms with Crippen molar-refractivity contribution in [3.63, 3.8) is 0 Å². The van der Waals surface area contributed by atoms with Crippen LogP contribution in [0.4, 0.5) is 17.2 Å². The van der Waals surface area contributed by atoms with Crippen molar-refractivity contribution in [3.05, 3.63) is 50.2 Å². The molecule has 1 aromatic heterocycles. The fourth-order valence-corrected chi connectivity index (χ4v) is 2.26. The Balaban J connectivity index is 2.12. The number of nitrogens with one attached hydrogen (secondary N) is 1. The molecule has 1 amide bonds. The second kappa shape index (κ2) is 7.59. The standard InChI is InChI=1S/C15H17N5O6/c1-9(8-18-10(2)6-14(17-18)20(24)25)15(21)16-12-5-4-11(19(22)23)7-13(12)26-3/h4-7,9H,8H2,1-3H3,(H,16,21). The zero-order chi connectivity index (χ0) is 19.4. The largest absolute Gasteiger partial charge is 0.494 e. The van der Waals surface area contributed by atoms with Gasteiger partial charge in [0.05, 0.1) is 53.1 Å². The summed E-state index contributed by atoms with van der Waals surface area (Å²) < 4.78 is 6.46. The van der Waals surface area contributed by atoms with Crippen molar-refractivity contribution in [1.82, 2.24) is 9.78 Å². The molecule has 1 aromatic carbocycles. The first-order valence-corrected chi connectivity index (χ1v) is 7.55. The van der Waals surface area contributed by atoms with E-state index in [-0.39, 0.29) is 35.4 Å². The number of hydrogen-bond donors (Lipinski definition) is 1. The summed E-state index contributed by atoms with van der Waals surface area (Å²) in [5.74, 6) is -1.07. The van der Waals surface area contributed by atoms with Crippen LogP contribution in [0.25, 0.3) is 0 Å². The Hall–Kier alpha value is -3.50. The summed E-state index contributed by atoms with van der Waals surface area (Å²) in [4.78, 5) is 32.8. The molecule has 0 saturated heterocycles. The lowest BCUT2D eigenvalue weighted by atomic mass is 10.1. The van der Waals surface area contributed by atoms with Crippen LogP contribution in [0, 0.1) is 33.1 Å². The van der Waals surface area contributed by atoms with Crippen LogP contribution in [-0.2, 0) is 11.3 Å². The molecule has 0 aliphatic carbocycles. The number of amides is 1. The maximum atomic E-state index is 12.4. The summed E-state index contributed by atoms with van der Waals surface area (Å²) in [5, 5.41) is 28.0. The highest BCUT2D eigenvalue weighted by molar-refractivity contribution is 5.93. The molecule has 1 unspecified atom stereocenters. The fourth-order valence-electron chi connectivity index (χ4n) is 2.26. The van der Waals surface area contributed by atoms with Gasteiger partial charge in [-0.2, -0.15) is 4.68 Å². The molecule has 26 heavy (non-hydrogen) atoms. The Labute approximate surface area is 147 Å². The van der Waals surface area contributed by atoms with Crippen molar-refractivity contribution in [1.29, 1.82) is 0 Å². The highest BCUT2D eigenvalue weighted by Crippen LogP contribution is 2.29. The molecule has 1 heterocycles. The van der Waals surface area contributed by atoms with E-state index in [1.165, 1.54) is 36.1 Å². The Morgan fingerprint density at radius 1 is 1.31 bits per heavy atom. The maximum absolute atomic E-state index is 12.4. The van der Waals surface area contributed by atoms with Crippen LogP contribution in [0.15, 0.2) is 24.3 Å². The minimum Gasteiger partial charge on any atom is -0.494 e. The van der Waals surface area contributed by atoms with Gasteiger partial charge in [-0.25, -0.2) is 0 Å². The number of aromatic nitrogens is 2. The summed E-state index contributed by atoms with van der Waals surface area (Å²) in [7, 11) is 1.34. The van der Waals surface area contributed by atoms with Gasteiger partial charge in [-0.15, -0.1) is 0 Å². The number of anilines is 1. The Kier molecular flexibility index (Phi) is 5.50. The van der Waals surface area contributed by atoms with Crippen molar-refractivity contribution in [2.24, 2.45) is 5.92 Å². The Bertz CT molecular complexity index is 862. The monoisotopic (exact) mass is 363 g/mol. The molecule has 2 aromatic rings. The van der Waals surface area contributed by atoms with Gasteiger partial charge in [-0.3, -0.25) is 14.9 Å². The third kappa shape index (κ3) is 4.12. The molecule has 0 bridgehead atoms. The maximum Gasteiger partial charge on any atom is 0.390 e. The molecule has 0 fully saturated rings. The summed E-state index contributed by atoms with van der Waals surface area (Å²) in [6.07, 6.45) is 0. The molecule has 1 N–H and O–H groups in total. The van der Waals surface area contributed by atoms with Gasteiger partial charge < -0.3 is 20.2 Å². The Morgan fingerprint density at radius 3 is 2.54 bits per heavy atom. The van der Waals surface area contributed by atoms with Gasteiger partial charge >= 0.3 is 5.82 Å². The highest BCUT2D eigenvalue weighted by Gasteiger charge is 2.22. The Morgan fingerprint density at radius 2 is 2.00 bits per heavy atom. The van der Waals surface area contributed by atoms with Crippen LogP contribution in [0.5, 0.6) is 5.75 Å². The number of aryl methyl sites for hydroxylation is 1. The lowest BCUT2D eigenvalue weighted by Gasteiger charge is -2.14. The number of carbonyl (C=O) groups excluding carboxylic acids is 1. The number of non-ortho nitro benzene ring substituents is 1. The number of hydrogen-bond acceptors (Lipinski definition) is 7. The molecule has 0 aliphatic heterocycles. The molecule has 0 radical (unpaired) electrons. The van der Waals surface area contributed by atoms with Crippen LogP contribution in [0.3, 0.4) is 0 Å². The van der Waals surface area contributed by atoms with Crippen molar-refractivity contribution in [2.75, 3.05) is 12.4 Å². The van der Waals surface area contributed by atoms with Gasteiger partial charge in [0.1, 0.15) is 5.75 Å². The first-order chi connectivity index (χ1) is 12.2. The normalized spacial score (nSPS) is 11.7. The number of nitro benzene ring substituents is 1. The third-order valence-corrected chi connectivity index (χ3v) is 3.70. The zero-order valence-corrected chi connectivity index (χ0v) is 14.3. The van der Waals surface area contributed by atoms with Gasteiger partial charge in [0, 0.05) is 6.07 Å². The molecule has 0 saturated carbocycles. The van der Waals surface area contributed by atoms with Crippen LogP contribution in [0.2, 0.25) is 0 Å². The summed E-state index contributed by atoms with van der Waals surface area (Å²) in [6.45, 7) is 3.44. The van der Waals surface area contributed by atoms with Crippen LogP contribution >= 0.6 is 0 Å². The second-order valence-electron chi connectivity index (χ2n) is 5.62. The van der Waals surface area contributed by atoms with Crippen LogP contribution < -0.4 is 10.1 Å². The van der Waals surface area contributed by atoms with E-state index in [1.54, 1.807) is 13.8 Å². The number of benzene rings is 1.